The molecule has 0 unspecified atom stereocenters. The number of carboxylic acids is 1. The van der Waals surface area contributed by atoms with Crippen LogP contribution in [0.25, 0.3) is 0 Å². The summed E-state index contributed by atoms with van der Waals surface area (Å²) in [6.45, 7) is 0.851. The maximum Gasteiger partial charge on any atom is 0.354 e. The third kappa shape index (κ3) is 3.07. The summed E-state index contributed by atoms with van der Waals surface area (Å²) in [5, 5.41) is 11.0. The van der Waals surface area contributed by atoms with E-state index < -0.39 is 5.97 Å². The van der Waals surface area contributed by atoms with Crippen molar-refractivity contribution in [2.75, 3.05) is 18.5 Å². The van der Waals surface area contributed by atoms with E-state index in [9.17, 15) is 4.79 Å². The number of nitrogens with zero attached hydrogens (tertiary/aromatic N) is 2. The molecule has 0 spiro atoms. The molecular weight excluding hydrogens is 248 g/mol. The van der Waals surface area contributed by atoms with E-state index in [0.717, 1.165) is 18.7 Å². The molecule has 0 saturated heterocycles. The first-order chi connectivity index (χ1) is 8.66. The minimum atomic E-state index is -0.997. The number of thiophene rings is 1. The number of hydrogen-bond donors (Lipinski definition) is 1. The minimum Gasteiger partial charge on any atom is -0.477 e. The van der Waals surface area contributed by atoms with Gasteiger partial charge in [-0.1, -0.05) is 6.07 Å². The van der Waals surface area contributed by atoms with E-state index in [1.54, 1.807) is 17.4 Å². The summed E-state index contributed by atoms with van der Waals surface area (Å²) >= 11 is 1.74. The van der Waals surface area contributed by atoms with E-state index in [4.69, 9.17) is 5.11 Å². The second-order valence-corrected chi connectivity index (χ2v) is 4.99. The van der Waals surface area contributed by atoms with Gasteiger partial charge in [-0.25, -0.2) is 9.78 Å². The van der Waals surface area contributed by atoms with Gasteiger partial charge in [-0.15, -0.1) is 11.3 Å². The van der Waals surface area contributed by atoms with Crippen LogP contribution in [0, 0.1) is 0 Å². The van der Waals surface area contributed by atoms with Gasteiger partial charge in [0.1, 0.15) is 5.69 Å². The van der Waals surface area contributed by atoms with Gasteiger partial charge < -0.3 is 10.0 Å². The zero-order valence-electron chi connectivity index (χ0n) is 10.0. The molecule has 4 nitrogen and oxygen atoms in total. The third-order valence-corrected chi connectivity index (χ3v) is 3.61. The summed E-state index contributed by atoms with van der Waals surface area (Å²) in [7, 11) is 1.95. The fraction of sp³-hybridized carbons (Fsp3) is 0.231. The van der Waals surface area contributed by atoms with E-state index in [2.05, 4.69) is 16.4 Å². The number of likely N-dealkylation sites (N-methyl/N-ethyl adjacent to an activating group) is 1. The van der Waals surface area contributed by atoms with Crippen LogP contribution in [0.1, 0.15) is 15.4 Å². The van der Waals surface area contributed by atoms with E-state index >= 15 is 0 Å². The van der Waals surface area contributed by atoms with Crippen molar-refractivity contribution in [3.05, 3.63) is 46.4 Å². The quantitative estimate of drug-likeness (QED) is 0.899. The number of anilines is 1. The first kappa shape index (κ1) is 12.6. The molecule has 0 aliphatic heterocycles. The van der Waals surface area contributed by atoms with E-state index in [1.165, 1.54) is 11.1 Å². The predicted molar refractivity (Wildman–Crippen MR) is 72.5 cm³/mol. The molecule has 18 heavy (non-hydrogen) atoms. The molecule has 0 fully saturated rings. The van der Waals surface area contributed by atoms with Crippen LogP contribution < -0.4 is 4.90 Å². The van der Waals surface area contributed by atoms with Crippen molar-refractivity contribution in [3.63, 3.8) is 0 Å². The topological polar surface area (TPSA) is 53.4 Å². The standard InChI is InChI=1S/C13H14N2O2S/c1-15(7-5-11-3-2-8-18-11)10-4-6-14-12(9-10)13(16)17/h2-4,6,8-9H,5,7H2,1H3,(H,16,17). The van der Waals surface area contributed by atoms with E-state index in [1.807, 2.05) is 24.1 Å². The molecule has 5 heteroatoms. The lowest BCUT2D eigenvalue weighted by molar-refractivity contribution is 0.0690. The lowest BCUT2D eigenvalue weighted by Gasteiger charge is -2.18. The third-order valence-electron chi connectivity index (χ3n) is 2.68. The molecule has 0 aliphatic rings. The van der Waals surface area contributed by atoms with Crippen molar-refractivity contribution in [1.82, 2.24) is 4.98 Å². The number of rotatable bonds is 5. The van der Waals surface area contributed by atoms with Crippen molar-refractivity contribution in [3.8, 4) is 0 Å². The Morgan fingerprint density at radius 2 is 2.33 bits per heavy atom. The van der Waals surface area contributed by atoms with Crippen LogP contribution >= 0.6 is 11.3 Å². The first-order valence-electron chi connectivity index (χ1n) is 5.59. The maximum atomic E-state index is 10.8. The van der Waals surface area contributed by atoms with Gasteiger partial charge in [-0.2, -0.15) is 0 Å². The van der Waals surface area contributed by atoms with Gasteiger partial charge in [0.15, 0.2) is 0 Å². The number of aromatic nitrogens is 1. The molecule has 94 valence electrons. The van der Waals surface area contributed by atoms with Gasteiger partial charge in [0.05, 0.1) is 0 Å². The number of carboxylic acid groups (broad SMARTS) is 1. The first-order valence-corrected chi connectivity index (χ1v) is 6.47. The molecule has 0 atom stereocenters. The summed E-state index contributed by atoms with van der Waals surface area (Å²) in [6, 6.07) is 7.56. The van der Waals surface area contributed by atoms with Gasteiger partial charge in [0.25, 0.3) is 0 Å². The Morgan fingerprint density at radius 1 is 1.50 bits per heavy atom. The van der Waals surface area contributed by atoms with Gasteiger partial charge in [-0.3, -0.25) is 0 Å². The lowest BCUT2D eigenvalue weighted by atomic mass is 10.2. The molecule has 1 N–H and O–H groups in total. The Morgan fingerprint density at radius 3 is 3.00 bits per heavy atom. The predicted octanol–water partition coefficient (Wildman–Crippen LogP) is 2.52. The van der Waals surface area contributed by atoms with Crippen LogP contribution in [0.15, 0.2) is 35.8 Å². The van der Waals surface area contributed by atoms with Crippen LogP contribution in [-0.4, -0.2) is 29.7 Å². The zero-order valence-corrected chi connectivity index (χ0v) is 10.9. The van der Waals surface area contributed by atoms with Crippen LogP contribution in [0.3, 0.4) is 0 Å². The Bertz CT molecular complexity index is 526. The van der Waals surface area contributed by atoms with Crippen molar-refractivity contribution in [2.45, 2.75) is 6.42 Å². The average Bonchev–Trinajstić information content (AvgIpc) is 2.89. The van der Waals surface area contributed by atoms with Gasteiger partial charge in [0, 0.05) is 30.4 Å². The zero-order chi connectivity index (χ0) is 13.0. The Hall–Kier alpha value is -1.88. The summed E-state index contributed by atoms with van der Waals surface area (Å²) in [6.07, 6.45) is 2.49. The summed E-state index contributed by atoms with van der Waals surface area (Å²) in [4.78, 5) is 18.0. The second-order valence-electron chi connectivity index (χ2n) is 3.96. The SMILES string of the molecule is CN(CCc1cccs1)c1ccnc(C(=O)O)c1. The molecule has 0 amide bonds. The van der Waals surface area contributed by atoms with Crippen molar-refractivity contribution < 1.29 is 9.90 Å². The van der Waals surface area contributed by atoms with Crippen LogP contribution in [-0.2, 0) is 6.42 Å². The smallest absolute Gasteiger partial charge is 0.354 e. The molecule has 2 aromatic heterocycles. The summed E-state index contributed by atoms with van der Waals surface area (Å²) < 4.78 is 0. The maximum absolute atomic E-state index is 10.8. The molecule has 2 rings (SSSR count). The molecule has 0 aromatic carbocycles. The summed E-state index contributed by atoms with van der Waals surface area (Å²) in [5.74, 6) is -0.997. The number of aromatic carboxylic acids is 1. The lowest BCUT2D eigenvalue weighted by Crippen LogP contribution is -2.20. The van der Waals surface area contributed by atoms with Gasteiger partial charge >= 0.3 is 5.97 Å². The monoisotopic (exact) mass is 262 g/mol. The molecule has 0 aliphatic carbocycles. The van der Waals surface area contributed by atoms with Gasteiger partial charge in [0.2, 0.25) is 0 Å². The highest BCUT2D eigenvalue weighted by atomic mass is 32.1. The molecule has 0 bridgehead atoms. The Kier molecular flexibility index (Phi) is 3.94. The van der Waals surface area contributed by atoms with E-state index in [-0.39, 0.29) is 5.69 Å². The van der Waals surface area contributed by atoms with Crippen LogP contribution in [0.4, 0.5) is 5.69 Å². The highest BCUT2D eigenvalue weighted by Crippen LogP contribution is 2.15. The molecule has 2 heterocycles. The van der Waals surface area contributed by atoms with Gasteiger partial charge in [-0.05, 0) is 30.0 Å². The molecule has 2 aromatic rings. The Balaban J connectivity index is 2.02. The highest BCUT2D eigenvalue weighted by Gasteiger charge is 2.08. The van der Waals surface area contributed by atoms with Crippen LogP contribution in [0.5, 0.6) is 0 Å². The fourth-order valence-corrected chi connectivity index (χ4v) is 2.33. The van der Waals surface area contributed by atoms with Crippen molar-refractivity contribution in [2.24, 2.45) is 0 Å². The molecule has 0 saturated carbocycles. The minimum absolute atomic E-state index is 0.0791. The number of carbonyl (C=O) groups is 1. The largest absolute Gasteiger partial charge is 0.477 e. The van der Waals surface area contributed by atoms with Crippen molar-refractivity contribution >= 4 is 23.0 Å². The second kappa shape index (κ2) is 5.64. The van der Waals surface area contributed by atoms with E-state index in [0.29, 0.717) is 0 Å². The number of hydrogen-bond acceptors (Lipinski definition) is 4. The molecule has 0 radical (unpaired) electrons. The van der Waals surface area contributed by atoms with Crippen molar-refractivity contribution in [1.29, 1.82) is 0 Å². The number of pyridine rings is 1. The Labute approximate surface area is 110 Å². The summed E-state index contributed by atoms with van der Waals surface area (Å²) in [5.41, 5.74) is 0.953. The average molecular weight is 262 g/mol. The highest BCUT2D eigenvalue weighted by molar-refractivity contribution is 7.09. The normalized spacial score (nSPS) is 10.3. The van der Waals surface area contributed by atoms with Crippen LogP contribution in [0.2, 0.25) is 0 Å². The molecular formula is C13H14N2O2S. The fourth-order valence-electron chi connectivity index (χ4n) is 1.64.